The average Bonchev–Trinajstić information content (AvgIpc) is 2.33. The molecule has 1 aliphatic rings. The van der Waals surface area contributed by atoms with E-state index in [-0.39, 0.29) is 0 Å². The van der Waals surface area contributed by atoms with Crippen LogP contribution in [0.4, 0.5) is 5.69 Å². The topological polar surface area (TPSA) is 29.3 Å². The van der Waals surface area contributed by atoms with E-state index in [2.05, 4.69) is 24.0 Å². The Morgan fingerprint density at radius 1 is 1.35 bits per heavy atom. The molecule has 1 saturated heterocycles. The molecule has 0 amide bonds. The maximum atomic E-state index is 6.11. The molecule has 0 atom stereocenters. The number of benzene rings is 1. The minimum absolute atomic E-state index is 0.693. The van der Waals surface area contributed by atoms with Crippen LogP contribution in [0.2, 0.25) is 5.02 Å². The second-order valence-corrected chi connectivity index (χ2v) is 5.42. The molecule has 2 rings (SSSR count). The van der Waals surface area contributed by atoms with E-state index in [1.54, 1.807) is 0 Å². The van der Waals surface area contributed by atoms with E-state index in [1.807, 2.05) is 6.07 Å². The van der Waals surface area contributed by atoms with E-state index in [9.17, 15) is 0 Å². The van der Waals surface area contributed by atoms with Crippen LogP contribution in [0.15, 0.2) is 18.2 Å². The average molecular weight is 253 g/mol. The predicted octanol–water partition coefficient (Wildman–Crippen LogP) is 3.08. The van der Waals surface area contributed by atoms with Crippen LogP contribution in [0.5, 0.6) is 0 Å². The number of nitrogens with zero attached hydrogens (tertiary/aromatic N) is 1. The monoisotopic (exact) mass is 252 g/mol. The maximum absolute atomic E-state index is 6.11. The van der Waals surface area contributed by atoms with Crippen LogP contribution >= 0.6 is 11.6 Å². The quantitative estimate of drug-likeness (QED) is 0.896. The SMILES string of the molecule is CC1CCN(c2cc(Cl)ccc2CCN)CC1. The first kappa shape index (κ1) is 12.7. The van der Waals surface area contributed by atoms with Crippen molar-refractivity contribution in [1.82, 2.24) is 0 Å². The minimum Gasteiger partial charge on any atom is -0.371 e. The third kappa shape index (κ3) is 3.14. The molecule has 0 aromatic heterocycles. The fourth-order valence-corrected chi connectivity index (χ4v) is 2.61. The zero-order valence-corrected chi connectivity index (χ0v) is 11.2. The molecule has 1 fully saturated rings. The third-order valence-corrected chi connectivity index (χ3v) is 3.82. The molecule has 17 heavy (non-hydrogen) atoms. The predicted molar refractivity (Wildman–Crippen MR) is 74.8 cm³/mol. The van der Waals surface area contributed by atoms with Gasteiger partial charge in [-0.15, -0.1) is 0 Å². The minimum atomic E-state index is 0.693. The Morgan fingerprint density at radius 2 is 2.06 bits per heavy atom. The van der Waals surface area contributed by atoms with Gasteiger partial charge in [-0.25, -0.2) is 0 Å². The maximum Gasteiger partial charge on any atom is 0.0426 e. The van der Waals surface area contributed by atoms with Gasteiger partial charge in [-0.3, -0.25) is 0 Å². The molecule has 0 unspecified atom stereocenters. The van der Waals surface area contributed by atoms with Crippen molar-refractivity contribution in [2.45, 2.75) is 26.2 Å². The lowest BCUT2D eigenvalue weighted by Gasteiger charge is -2.33. The number of nitrogens with two attached hydrogens (primary N) is 1. The van der Waals surface area contributed by atoms with Gasteiger partial charge in [0.1, 0.15) is 0 Å². The summed E-state index contributed by atoms with van der Waals surface area (Å²) in [6.45, 7) is 5.30. The Bertz CT molecular complexity index is 370. The second-order valence-electron chi connectivity index (χ2n) is 4.98. The van der Waals surface area contributed by atoms with Crippen LogP contribution in [-0.2, 0) is 6.42 Å². The molecule has 1 aromatic carbocycles. The Hall–Kier alpha value is -0.730. The first-order valence-electron chi connectivity index (χ1n) is 6.44. The van der Waals surface area contributed by atoms with Crippen molar-refractivity contribution in [2.75, 3.05) is 24.5 Å². The van der Waals surface area contributed by atoms with Crippen molar-refractivity contribution < 1.29 is 0 Å². The van der Waals surface area contributed by atoms with Crippen molar-refractivity contribution in [1.29, 1.82) is 0 Å². The Balaban J connectivity index is 2.20. The van der Waals surface area contributed by atoms with Crippen molar-refractivity contribution in [3.63, 3.8) is 0 Å². The van der Waals surface area contributed by atoms with Crippen molar-refractivity contribution in [2.24, 2.45) is 11.7 Å². The van der Waals surface area contributed by atoms with Crippen LogP contribution in [-0.4, -0.2) is 19.6 Å². The number of hydrogen-bond acceptors (Lipinski definition) is 2. The Morgan fingerprint density at radius 3 is 2.71 bits per heavy atom. The molecule has 0 aliphatic carbocycles. The van der Waals surface area contributed by atoms with Crippen LogP contribution in [0, 0.1) is 5.92 Å². The number of anilines is 1. The van der Waals surface area contributed by atoms with Gasteiger partial charge >= 0.3 is 0 Å². The summed E-state index contributed by atoms with van der Waals surface area (Å²) in [6, 6.07) is 6.16. The van der Waals surface area contributed by atoms with Crippen molar-refractivity contribution in [3.8, 4) is 0 Å². The molecular weight excluding hydrogens is 232 g/mol. The van der Waals surface area contributed by atoms with Gasteiger partial charge in [-0.2, -0.15) is 0 Å². The van der Waals surface area contributed by atoms with E-state index >= 15 is 0 Å². The second kappa shape index (κ2) is 5.74. The fraction of sp³-hybridized carbons (Fsp3) is 0.571. The van der Waals surface area contributed by atoms with Crippen LogP contribution < -0.4 is 10.6 Å². The van der Waals surface area contributed by atoms with Crippen LogP contribution in [0.1, 0.15) is 25.3 Å². The first-order valence-corrected chi connectivity index (χ1v) is 6.82. The van der Waals surface area contributed by atoms with Gasteiger partial charge in [-0.1, -0.05) is 24.6 Å². The lowest BCUT2D eigenvalue weighted by Crippen LogP contribution is -2.33. The molecule has 3 heteroatoms. The highest BCUT2D eigenvalue weighted by Gasteiger charge is 2.18. The van der Waals surface area contributed by atoms with Crippen LogP contribution in [0.3, 0.4) is 0 Å². The summed E-state index contributed by atoms with van der Waals surface area (Å²) < 4.78 is 0. The van der Waals surface area contributed by atoms with E-state index in [1.165, 1.54) is 24.1 Å². The van der Waals surface area contributed by atoms with Gasteiger partial charge in [0.05, 0.1) is 0 Å². The van der Waals surface area contributed by atoms with Crippen molar-refractivity contribution >= 4 is 17.3 Å². The molecule has 1 aromatic rings. The molecule has 0 radical (unpaired) electrons. The molecule has 2 N–H and O–H groups in total. The lowest BCUT2D eigenvalue weighted by atomic mass is 9.97. The Labute approximate surface area is 109 Å². The molecule has 1 heterocycles. The van der Waals surface area contributed by atoms with Gasteiger partial charge < -0.3 is 10.6 Å². The molecular formula is C14H21ClN2. The molecule has 0 saturated carbocycles. The molecule has 0 bridgehead atoms. The standard InChI is InChI=1S/C14H21ClN2/c1-11-5-8-17(9-6-11)14-10-13(15)3-2-12(14)4-7-16/h2-3,10-11H,4-9,16H2,1H3. The van der Waals surface area contributed by atoms with Crippen LogP contribution in [0.25, 0.3) is 0 Å². The van der Waals surface area contributed by atoms with E-state index in [4.69, 9.17) is 17.3 Å². The van der Waals surface area contributed by atoms with E-state index < -0.39 is 0 Å². The molecule has 2 nitrogen and oxygen atoms in total. The third-order valence-electron chi connectivity index (χ3n) is 3.59. The Kier molecular flexibility index (Phi) is 4.30. The number of piperidine rings is 1. The van der Waals surface area contributed by atoms with Gasteiger partial charge in [0.15, 0.2) is 0 Å². The number of hydrogen-bond donors (Lipinski definition) is 1. The van der Waals surface area contributed by atoms with Gasteiger partial charge in [0.25, 0.3) is 0 Å². The summed E-state index contributed by atoms with van der Waals surface area (Å²) in [5, 5.41) is 0.819. The van der Waals surface area contributed by atoms with Gasteiger partial charge in [0, 0.05) is 23.8 Å². The number of rotatable bonds is 3. The first-order chi connectivity index (χ1) is 8.20. The molecule has 94 valence electrons. The van der Waals surface area contributed by atoms with Gasteiger partial charge in [0.2, 0.25) is 0 Å². The van der Waals surface area contributed by atoms with Gasteiger partial charge in [-0.05, 0) is 49.4 Å². The lowest BCUT2D eigenvalue weighted by molar-refractivity contribution is 0.438. The summed E-state index contributed by atoms with van der Waals surface area (Å²) in [4.78, 5) is 2.46. The fourth-order valence-electron chi connectivity index (χ4n) is 2.45. The summed E-state index contributed by atoms with van der Waals surface area (Å²) in [5.74, 6) is 0.850. The highest BCUT2D eigenvalue weighted by Crippen LogP contribution is 2.29. The summed E-state index contributed by atoms with van der Waals surface area (Å²) in [6.07, 6.45) is 3.47. The summed E-state index contributed by atoms with van der Waals surface area (Å²) >= 11 is 6.11. The molecule has 0 spiro atoms. The highest BCUT2D eigenvalue weighted by molar-refractivity contribution is 6.30. The summed E-state index contributed by atoms with van der Waals surface area (Å²) in [5.41, 5.74) is 8.28. The smallest absolute Gasteiger partial charge is 0.0426 e. The zero-order chi connectivity index (χ0) is 12.3. The zero-order valence-electron chi connectivity index (χ0n) is 10.5. The summed E-state index contributed by atoms with van der Waals surface area (Å²) in [7, 11) is 0. The molecule has 1 aliphatic heterocycles. The normalized spacial score (nSPS) is 17.5. The van der Waals surface area contributed by atoms with E-state index in [0.717, 1.165) is 30.5 Å². The van der Waals surface area contributed by atoms with E-state index in [0.29, 0.717) is 6.54 Å². The largest absolute Gasteiger partial charge is 0.371 e. The number of halogens is 1. The highest BCUT2D eigenvalue weighted by atomic mass is 35.5. The van der Waals surface area contributed by atoms with Crippen molar-refractivity contribution in [3.05, 3.63) is 28.8 Å².